The van der Waals surface area contributed by atoms with Crippen molar-refractivity contribution < 1.29 is 4.42 Å². The summed E-state index contributed by atoms with van der Waals surface area (Å²) in [6.45, 7) is 6.28. The molecule has 0 unspecified atom stereocenters. The summed E-state index contributed by atoms with van der Waals surface area (Å²) in [4.78, 5) is 5.45. The van der Waals surface area contributed by atoms with Gasteiger partial charge in [-0.15, -0.1) is 11.3 Å². The Morgan fingerprint density at radius 1 is 1.24 bits per heavy atom. The smallest absolute Gasteiger partial charge is 0.117 e. The largest absolute Gasteiger partial charge is 0.468 e. The molecule has 2 aromatic rings. The lowest BCUT2D eigenvalue weighted by molar-refractivity contribution is 0.227. The fourth-order valence-electron chi connectivity index (χ4n) is 2.55. The zero-order chi connectivity index (χ0) is 14.5. The van der Waals surface area contributed by atoms with Crippen LogP contribution in [0, 0.1) is 0 Å². The van der Waals surface area contributed by atoms with Crippen LogP contribution in [0.1, 0.15) is 41.7 Å². The highest BCUT2D eigenvalue weighted by atomic mass is 32.1. The first-order chi connectivity index (χ1) is 10.3. The third-order valence-electron chi connectivity index (χ3n) is 3.80. The molecule has 0 saturated heterocycles. The third-order valence-corrected chi connectivity index (χ3v) is 4.87. The summed E-state index contributed by atoms with van der Waals surface area (Å²) in [7, 11) is 0. The van der Waals surface area contributed by atoms with Crippen LogP contribution < -0.4 is 5.32 Å². The first-order valence-corrected chi connectivity index (χ1v) is 8.71. The van der Waals surface area contributed by atoms with Crippen molar-refractivity contribution in [3.63, 3.8) is 0 Å². The Morgan fingerprint density at radius 3 is 2.81 bits per heavy atom. The molecule has 1 fully saturated rings. The predicted molar refractivity (Wildman–Crippen MR) is 87.3 cm³/mol. The van der Waals surface area contributed by atoms with Crippen molar-refractivity contribution in [2.45, 2.75) is 51.9 Å². The SMILES string of the molecule is CCCNCc1ccc(CN(Cc2ccco2)C2CC2)s1. The van der Waals surface area contributed by atoms with Crippen molar-refractivity contribution in [2.24, 2.45) is 0 Å². The van der Waals surface area contributed by atoms with Crippen LogP contribution in [0.3, 0.4) is 0 Å². The number of nitrogens with zero attached hydrogens (tertiary/aromatic N) is 1. The van der Waals surface area contributed by atoms with Crippen LogP contribution in [0.4, 0.5) is 0 Å². The molecule has 4 heteroatoms. The van der Waals surface area contributed by atoms with E-state index < -0.39 is 0 Å². The van der Waals surface area contributed by atoms with Gasteiger partial charge in [0.25, 0.3) is 0 Å². The summed E-state index contributed by atoms with van der Waals surface area (Å²) in [5.41, 5.74) is 0. The second-order valence-corrected chi connectivity index (χ2v) is 7.01. The molecule has 3 nitrogen and oxygen atoms in total. The second-order valence-electron chi connectivity index (χ2n) is 5.76. The lowest BCUT2D eigenvalue weighted by Gasteiger charge is -2.19. The Morgan fingerprint density at radius 2 is 2.10 bits per heavy atom. The zero-order valence-corrected chi connectivity index (χ0v) is 13.5. The summed E-state index contributed by atoms with van der Waals surface area (Å²) < 4.78 is 5.50. The topological polar surface area (TPSA) is 28.4 Å². The number of thiophene rings is 1. The highest BCUT2D eigenvalue weighted by Crippen LogP contribution is 2.31. The lowest BCUT2D eigenvalue weighted by Crippen LogP contribution is -2.24. The Kier molecular flexibility index (Phi) is 5.12. The number of furan rings is 1. The minimum absolute atomic E-state index is 0.749. The summed E-state index contributed by atoms with van der Waals surface area (Å²) in [5, 5.41) is 3.47. The van der Waals surface area contributed by atoms with Crippen LogP contribution in [0.5, 0.6) is 0 Å². The first-order valence-electron chi connectivity index (χ1n) is 7.90. The van der Waals surface area contributed by atoms with Gasteiger partial charge in [0.05, 0.1) is 12.8 Å². The molecule has 0 aliphatic heterocycles. The van der Waals surface area contributed by atoms with Crippen LogP contribution in [0.25, 0.3) is 0 Å². The molecule has 1 N–H and O–H groups in total. The van der Waals surface area contributed by atoms with Crippen LogP contribution in [0.2, 0.25) is 0 Å². The molecule has 1 aliphatic rings. The molecular formula is C17H24N2OS. The molecule has 1 aliphatic carbocycles. The van der Waals surface area contributed by atoms with Gasteiger partial charge >= 0.3 is 0 Å². The second kappa shape index (κ2) is 7.25. The quantitative estimate of drug-likeness (QED) is 0.710. The molecule has 1 saturated carbocycles. The van der Waals surface area contributed by atoms with Crippen molar-refractivity contribution in [2.75, 3.05) is 6.54 Å². The van der Waals surface area contributed by atoms with E-state index in [2.05, 4.69) is 35.3 Å². The molecule has 2 aromatic heterocycles. The van der Waals surface area contributed by atoms with Crippen LogP contribution in [-0.4, -0.2) is 17.5 Å². The van der Waals surface area contributed by atoms with Gasteiger partial charge < -0.3 is 9.73 Å². The third kappa shape index (κ3) is 4.43. The molecule has 0 radical (unpaired) electrons. The number of hydrogen-bond acceptors (Lipinski definition) is 4. The van der Waals surface area contributed by atoms with Gasteiger partial charge in [0, 0.05) is 28.9 Å². The molecule has 114 valence electrons. The Hall–Kier alpha value is -1.10. The predicted octanol–water partition coefficient (Wildman–Crippen LogP) is 4.01. The maximum absolute atomic E-state index is 5.50. The van der Waals surface area contributed by atoms with Crippen LogP contribution in [-0.2, 0) is 19.6 Å². The van der Waals surface area contributed by atoms with Gasteiger partial charge in [-0.1, -0.05) is 6.92 Å². The number of rotatable bonds is 9. The lowest BCUT2D eigenvalue weighted by atomic mass is 10.3. The normalized spacial score (nSPS) is 15.0. The van der Waals surface area contributed by atoms with Gasteiger partial charge in [0.15, 0.2) is 0 Å². The van der Waals surface area contributed by atoms with E-state index in [1.807, 2.05) is 17.4 Å². The molecule has 0 bridgehead atoms. The molecule has 3 rings (SSSR count). The van der Waals surface area contributed by atoms with E-state index in [1.165, 1.54) is 29.0 Å². The van der Waals surface area contributed by atoms with Gasteiger partial charge in [-0.05, 0) is 50.1 Å². The molecule has 0 atom stereocenters. The van der Waals surface area contributed by atoms with E-state index in [-0.39, 0.29) is 0 Å². The van der Waals surface area contributed by atoms with Gasteiger partial charge in [0.1, 0.15) is 5.76 Å². The average molecular weight is 304 g/mol. The maximum Gasteiger partial charge on any atom is 0.117 e. The monoisotopic (exact) mass is 304 g/mol. The van der Waals surface area contributed by atoms with Gasteiger partial charge in [-0.2, -0.15) is 0 Å². The van der Waals surface area contributed by atoms with Gasteiger partial charge in [-0.25, -0.2) is 0 Å². The molecular weight excluding hydrogens is 280 g/mol. The summed E-state index contributed by atoms with van der Waals surface area (Å²) in [5.74, 6) is 1.07. The standard InChI is InChI=1S/C17H24N2OS/c1-2-9-18-11-16-7-8-17(21-16)13-19(14-5-6-14)12-15-4-3-10-20-15/h3-4,7-8,10,14,18H,2,5-6,9,11-13H2,1H3. The summed E-state index contributed by atoms with van der Waals surface area (Å²) in [6, 6.07) is 9.34. The van der Waals surface area contributed by atoms with Crippen molar-refractivity contribution in [3.8, 4) is 0 Å². The minimum atomic E-state index is 0.749. The molecule has 21 heavy (non-hydrogen) atoms. The average Bonchev–Trinajstić information content (AvgIpc) is 3.03. The molecule has 0 amide bonds. The van der Waals surface area contributed by atoms with E-state index in [9.17, 15) is 0 Å². The van der Waals surface area contributed by atoms with Crippen LogP contribution in [0.15, 0.2) is 34.9 Å². The van der Waals surface area contributed by atoms with E-state index in [0.717, 1.165) is 38.0 Å². The highest BCUT2D eigenvalue weighted by molar-refractivity contribution is 7.11. The van der Waals surface area contributed by atoms with Gasteiger partial charge in [-0.3, -0.25) is 4.90 Å². The fraction of sp³-hybridized carbons (Fsp3) is 0.529. The van der Waals surface area contributed by atoms with E-state index in [0.29, 0.717) is 0 Å². The van der Waals surface area contributed by atoms with Crippen molar-refractivity contribution in [1.82, 2.24) is 10.2 Å². The van der Waals surface area contributed by atoms with Crippen molar-refractivity contribution in [1.29, 1.82) is 0 Å². The Bertz CT molecular complexity index is 531. The Balaban J connectivity index is 1.55. The van der Waals surface area contributed by atoms with E-state index in [4.69, 9.17) is 4.42 Å². The summed E-state index contributed by atoms with van der Waals surface area (Å²) in [6.07, 6.45) is 5.62. The first kappa shape index (κ1) is 14.8. The van der Waals surface area contributed by atoms with Crippen molar-refractivity contribution >= 4 is 11.3 Å². The highest BCUT2D eigenvalue weighted by Gasteiger charge is 2.29. The van der Waals surface area contributed by atoms with Gasteiger partial charge in [0.2, 0.25) is 0 Å². The molecule has 0 spiro atoms. The van der Waals surface area contributed by atoms with Crippen molar-refractivity contribution in [3.05, 3.63) is 46.0 Å². The van der Waals surface area contributed by atoms with E-state index in [1.54, 1.807) is 6.26 Å². The summed E-state index contributed by atoms with van der Waals surface area (Å²) >= 11 is 1.93. The Labute approximate surface area is 131 Å². The molecule has 2 heterocycles. The fourth-order valence-corrected chi connectivity index (χ4v) is 3.56. The number of hydrogen-bond donors (Lipinski definition) is 1. The maximum atomic E-state index is 5.50. The zero-order valence-electron chi connectivity index (χ0n) is 12.7. The molecule has 0 aromatic carbocycles. The minimum Gasteiger partial charge on any atom is -0.468 e. The van der Waals surface area contributed by atoms with E-state index >= 15 is 0 Å². The van der Waals surface area contributed by atoms with Crippen LogP contribution >= 0.6 is 11.3 Å². The number of nitrogens with one attached hydrogen (secondary N) is 1.